The predicted octanol–water partition coefficient (Wildman–Crippen LogP) is 3.50. The van der Waals surface area contributed by atoms with Gasteiger partial charge in [-0.2, -0.15) is 10.1 Å². The minimum Gasteiger partial charge on any atom is -0.423 e. The number of hydrogen-bond donors (Lipinski definition) is 1. The second-order valence-corrected chi connectivity index (χ2v) is 7.89. The Labute approximate surface area is 179 Å². The third-order valence-electron chi connectivity index (χ3n) is 5.85. The molecule has 1 aliphatic heterocycles. The van der Waals surface area contributed by atoms with Gasteiger partial charge in [-0.1, -0.05) is 24.3 Å². The molecule has 1 unspecified atom stereocenters. The van der Waals surface area contributed by atoms with Crippen molar-refractivity contribution in [1.82, 2.24) is 25.1 Å². The molecule has 3 heterocycles. The van der Waals surface area contributed by atoms with Crippen molar-refractivity contribution in [3.63, 3.8) is 0 Å². The van der Waals surface area contributed by atoms with Crippen molar-refractivity contribution < 1.29 is 9.21 Å². The Kier molecular flexibility index (Phi) is 5.11. The van der Waals surface area contributed by atoms with Gasteiger partial charge < -0.3 is 14.6 Å². The highest BCUT2D eigenvalue weighted by Gasteiger charge is 2.28. The average molecular weight is 416 g/mol. The third kappa shape index (κ3) is 4.01. The Morgan fingerprint density at radius 1 is 1.13 bits per heavy atom. The van der Waals surface area contributed by atoms with E-state index in [0.717, 1.165) is 48.3 Å². The van der Waals surface area contributed by atoms with Gasteiger partial charge in [0, 0.05) is 19.0 Å². The van der Waals surface area contributed by atoms with E-state index in [9.17, 15) is 4.79 Å². The molecule has 1 amide bonds. The Morgan fingerprint density at radius 2 is 1.90 bits per heavy atom. The van der Waals surface area contributed by atoms with Crippen LogP contribution in [-0.4, -0.2) is 38.7 Å². The molecule has 1 N–H and O–H groups in total. The second-order valence-electron chi connectivity index (χ2n) is 7.89. The van der Waals surface area contributed by atoms with Gasteiger partial charge in [0.05, 0.1) is 11.7 Å². The molecule has 0 bridgehead atoms. The van der Waals surface area contributed by atoms with Crippen LogP contribution in [0.1, 0.15) is 31.4 Å². The zero-order valence-electron chi connectivity index (χ0n) is 17.3. The number of rotatable bonds is 5. The number of amides is 1. The summed E-state index contributed by atoms with van der Waals surface area (Å²) in [7, 11) is 0. The number of piperidine rings is 1. The second kappa shape index (κ2) is 8.22. The van der Waals surface area contributed by atoms with Gasteiger partial charge in [-0.3, -0.25) is 4.79 Å². The lowest BCUT2D eigenvalue weighted by Gasteiger charge is -2.30. The summed E-state index contributed by atoms with van der Waals surface area (Å²) in [6.07, 6.45) is 4.73. The van der Waals surface area contributed by atoms with Gasteiger partial charge in [0.15, 0.2) is 5.58 Å². The normalized spacial score (nSPS) is 15.8. The van der Waals surface area contributed by atoms with Gasteiger partial charge in [-0.25, -0.2) is 9.67 Å². The lowest BCUT2D eigenvalue weighted by Crippen LogP contribution is -2.41. The summed E-state index contributed by atoms with van der Waals surface area (Å²) in [5.74, 6) is 0.0996. The van der Waals surface area contributed by atoms with Crippen LogP contribution in [0.5, 0.6) is 0 Å². The molecule has 0 radical (unpaired) electrons. The number of benzene rings is 2. The first-order valence-corrected chi connectivity index (χ1v) is 10.5. The highest BCUT2D eigenvalue weighted by molar-refractivity contribution is 5.79. The summed E-state index contributed by atoms with van der Waals surface area (Å²) in [6, 6.07) is 16.3. The molecular formula is C23H24N6O2. The lowest BCUT2D eigenvalue weighted by atomic mass is 9.95. The Hall–Kier alpha value is -3.68. The molecule has 31 heavy (non-hydrogen) atoms. The van der Waals surface area contributed by atoms with Crippen LogP contribution < -0.4 is 10.2 Å². The standard InChI is InChI=1S/C23H24N6O2/c1-16(17-6-8-19(9-7-17)29-15-24-14-25-29)26-22(30)18-10-12-28(13-11-18)23-27-20-4-2-3-5-21(20)31-23/h2-9,14-16,18H,10-13H2,1H3,(H,26,30). The molecule has 2 aromatic heterocycles. The number of carbonyl (C=O) groups excluding carboxylic acids is 1. The fourth-order valence-electron chi connectivity index (χ4n) is 4.00. The zero-order chi connectivity index (χ0) is 21.2. The van der Waals surface area contributed by atoms with Crippen LogP contribution in [0.3, 0.4) is 0 Å². The molecule has 1 aliphatic rings. The average Bonchev–Trinajstić information content (AvgIpc) is 3.49. The van der Waals surface area contributed by atoms with E-state index in [4.69, 9.17) is 4.42 Å². The molecule has 2 aromatic carbocycles. The van der Waals surface area contributed by atoms with Crippen molar-refractivity contribution in [2.45, 2.75) is 25.8 Å². The molecule has 0 spiro atoms. The van der Waals surface area contributed by atoms with Crippen molar-refractivity contribution in [3.05, 3.63) is 66.7 Å². The topological polar surface area (TPSA) is 89.1 Å². The number of carbonyl (C=O) groups is 1. The van der Waals surface area contributed by atoms with Gasteiger partial charge >= 0.3 is 0 Å². The van der Waals surface area contributed by atoms with Crippen LogP contribution in [0.15, 0.2) is 65.6 Å². The number of nitrogens with one attached hydrogen (secondary N) is 1. The zero-order valence-corrected chi connectivity index (χ0v) is 17.3. The highest BCUT2D eigenvalue weighted by Crippen LogP contribution is 2.27. The molecule has 1 fully saturated rings. The van der Waals surface area contributed by atoms with Gasteiger partial charge in [0.2, 0.25) is 5.91 Å². The number of para-hydroxylation sites is 2. The lowest BCUT2D eigenvalue weighted by molar-refractivity contribution is -0.126. The van der Waals surface area contributed by atoms with Crippen LogP contribution in [0.25, 0.3) is 16.8 Å². The maximum atomic E-state index is 12.8. The van der Waals surface area contributed by atoms with Gasteiger partial charge in [-0.15, -0.1) is 0 Å². The number of hydrogen-bond acceptors (Lipinski definition) is 6. The van der Waals surface area contributed by atoms with Crippen molar-refractivity contribution >= 4 is 23.0 Å². The third-order valence-corrected chi connectivity index (χ3v) is 5.85. The molecular weight excluding hydrogens is 392 g/mol. The fourth-order valence-corrected chi connectivity index (χ4v) is 4.00. The molecule has 5 rings (SSSR count). The van der Waals surface area contributed by atoms with Gasteiger partial charge in [0.25, 0.3) is 6.01 Å². The maximum absolute atomic E-state index is 12.8. The van der Waals surface area contributed by atoms with Crippen LogP contribution in [0.4, 0.5) is 6.01 Å². The van der Waals surface area contributed by atoms with Crippen LogP contribution in [0.2, 0.25) is 0 Å². The molecule has 1 atom stereocenters. The minimum absolute atomic E-state index is 0.00231. The van der Waals surface area contributed by atoms with E-state index < -0.39 is 0 Å². The SMILES string of the molecule is CC(NC(=O)C1CCN(c2nc3ccccc3o2)CC1)c1ccc(-n2cncn2)cc1. The van der Waals surface area contributed by atoms with Gasteiger partial charge in [-0.05, 0) is 49.6 Å². The summed E-state index contributed by atoms with van der Waals surface area (Å²) in [6.45, 7) is 3.52. The first-order chi connectivity index (χ1) is 15.2. The molecule has 0 aliphatic carbocycles. The summed E-state index contributed by atoms with van der Waals surface area (Å²) in [5, 5.41) is 7.30. The van der Waals surface area contributed by atoms with Crippen molar-refractivity contribution in [1.29, 1.82) is 0 Å². The van der Waals surface area contributed by atoms with Crippen molar-refractivity contribution in [2.24, 2.45) is 5.92 Å². The number of nitrogens with zero attached hydrogens (tertiary/aromatic N) is 5. The fraction of sp³-hybridized carbons (Fsp3) is 0.304. The Morgan fingerprint density at radius 3 is 2.61 bits per heavy atom. The monoisotopic (exact) mass is 416 g/mol. The number of fused-ring (bicyclic) bond motifs is 1. The van der Waals surface area contributed by atoms with E-state index in [2.05, 4.69) is 25.3 Å². The highest BCUT2D eigenvalue weighted by atomic mass is 16.4. The summed E-state index contributed by atoms with van der Waals surface area (Å²) in [5.41, 5.74) is 3.65. The molecule has 1 saturated heterocycles. The number of oxazole rings is 1. The van der Waals surface area contributed by atoms with Crippen molar-refractivity contribution in [3.8, 4) is 5.69 Å². The van der Waals surface area contributed by atoms with Crippen LogP contribution in [0, 0.1) is 5.92 Å². The van der Waals surface area contributed by atoms with E-state index in [-0.39, 0.29) is 17.9 Å². The van der Waals surface area contributed by atoms with E-state index in [1.165, 1.54) is 6.33 Å². The van der Waals surface area contributed by atoms with E-state index in [1.54, 1.807) is 11.0 Å². The molecule has 8 heteroatoms. The number of aromatic nitrogens is 4. The van der Waals surface area contributed by atoms with E-state index in [1.807, 2.05) is 55.5 Å². The summed E-state index contributed by atoms with van der Waals surface area (Å²) < 4.78 is 7.57. The first-order valence-electron chi connectivity index (χ1n) is 10.5. The molecule has 4 aromatic rings. The predicted molar refractivity (Wildman–Crippen MR) is 117 cm³/mol. The van der Waals surface area contributed by atoms with E-state index in [0.29, 0.717) is 6.01 Å². The van der Waals surface area contributed by atoms with Crippen molar-refractivity contribution in [2.75, 3.05) is 18.0 Å². The number of anilines is 1. The Bertz CT molecular complexity index is 1130. The smallest absolute Gasteiger partial charge is 0.298 e. The van der Waals surface area contributed by atoms with Gasteiger partial charge in [0.1, 0.15) is 18.2 Å². The first kappa shape index (κ1) is 19.3. The largest absolute Gasteiger partial charge is 0.423 e. The summed E-state index contributed by atoms with van der Waals surface area (Å²) in [4.78, 5) is 23.5. The molecule has 8 nitrogen and oxygen atoms in total. The quantitative estimate of drug-likeness (QED) is 0.536. The van der Waals surface area contributed by atoms with Crippen LogP contribution in [-0.2, 0) is 4.79 Å². The molecule has 0 saturated carbocycles. The van der Waals surface area contributed by atoms with E-state index >= 15 is 0 Å². The molecule has 158 valence electrons. The maximum Gasteiger partial charge on any atom is 0.298 e. The van der Waals surface area contributed by atoms with Crippen LogP contribution >= 0.6 is 0 Å². The minimum atomic E-state index is -0.0626. The Balaban J connectivity index is 1.17. The summed E-state index contributed by atoms with van der Waals surface area (Å²) >= 11 is 0.